The normalized spacial score (nSPS) is 12.2. The second-order valence-corrected chi connectivity index (χ2v) is 3.99. The van der Waals surface area contributed by atoms with Crippen LogP contribution in [0.25, 0.3) is 0 Å². The van der Waals surface area contributed by atoms with Gasteiger partial charge in [-0.05, 0) is 31.5 Å². The standard InChI is InChI=1S/C12H13FN4O/c1-7(9-4-3-5-10(13)6-9)14-12(18)11-15-8(2)16-17-11/h3-7H,1-2H3,(H,14,18)(H,15,16,17). The summed E-state index contributed by atoms with van der Waals surface area (Å²) >= 11 is 0. The topological polar surface area (TPSA) is 70.7 Å². The van der Waals surface area contributed by atoms with Gasteiger partial charge >= 0.3 is 0 Å². The highest BCUT2D eigenvalue weighted by Gasteiger charge is 2.15. The number of rotatable bonds is 3. The number of amides is 1. The Hall–Kier alpha value is -2.24. The third kappa shape index (κ3) is 2.71. The van der Waals surface area contributed by atoms with E-state index >= 15 is 0 Å². The molecule has 2 aromatic rings. The molecule has 94 valence electrons. The SMILES string of the molecule is Cc1nc(C(=O)NC(C)c2cccc(F)c2)n[nH]1. The Kier molecular flexibility index (Phi) is 3.36. The van der Waals surface area contributed by atoms with Crippen LogP contribution in [0.4, 0.5) is 4.39 Å². The summed E-state index contributed by atoms with van der Waals surface area (Å²) in [7, 11) is 0. The van der Waals surface area contributed by atoms with Crippen molar-refractivity contribution in [3.05, 3.63) is 47.3 Å². The van der Waals surface area contributed by atoms with Crippen molar-refractivity contribution < 1.29 is 9.18 Å². The maximum absolute atomic E-state index is 13.0. The molecule has 1 aromatic heterocycles. The second-order valence-electron chi connectivity index (χ2n) is 3.99. The number of aryl methyl sites for hydroxylation is 1. The van der Waals surface area contributed by atoms with Gasteiger partial charge in [0, 0.05) is 0 Å². The molecule has 0 fully saturated rings. The molecular weight excluding hydrogens is 235 g/mol. The van der Waals surface area contributed by atoms with E-state index in [1.165, 1.54) is 12.1 Å². The third-order valence-corrected chi connectivity index (χ3v) is 2.50. The minimum Gasteiger partial charge on any atom is -0.343 e. The highest BCUT2D eigenvalue weighted by Crippen LogP contribution is 2.13. The van der Waals surface area contributed by atoms with E-state index in [1.807, 2.05) is 0 Å². The van der Waals surface area contributed by atoms with E-state index < -0.39 is 5.91 Å². The first kappa shape index (κ1) is 12.2. The van der Waals surface area contributed by atoms with E-state index in [2.05, 4.69) is 20.5 Å². The number of aromatic amines is 1. The van der Waals surface area contributed by atoms with Gasteiger partial charge in [0.15, 0.2) is 0 Å². The van der Waals surface area contributed by atoms with Crippen LogP contribution >= 0.6 is 0 Å². The minimum atomic E-state index is -0.392. The Morgan fingerprint density at radius 2 is 2.28 bits per heavy atom. The van der Waals surface area contributed by atoms with E-state index in [1.54, 1.807) is 26.0 Å². The lowest BCUT2D eigenvalue weighted by Gasteiger charge is -2.12. The van der Waals surface area contributed by atoms with Gasteiger partial charge in [-0.1, -0.05) is 12.1 Å². The molecule has 1 atom stereocenters. The lowest BCUT2D eigenvalue weighted by atomic mass is 10.1. The fourth-order valence-electron chi connectivity index (χ4n) is 1.56. The quantitative estimate of drug-likeness (QED) is 0.869. The first-order valence-corrected chi connectivity index (χ1v) is 5.51. The van der Waals surface area contributed by atoms with Crippen LogP contribution in [-0.4, -0.2) is 21.1 Å². The van der Waals surface area contributed by atoms with E-state index in [9.17, 15) is 9.18 Å². The predicted molar refractivity (Wildman–Crippen MR) is 63.4 cm³/mol. The molecule has 1 unspecified atom stereocenters. The zero-order valence-electron chi connectivity index (χ0n) is 10.1. The molecule has 2 N–H and O–H groups in total. The average Bonchev–Trinajstić information content (AvgIpc) is 2.76. The monoisotopic (exact) mass is 248 g/mol. The first-order chi connectivity index (χ1) is 8.56. The van der Waals surface area contributed by atoms with Gasteiger partial charge in [0.1, 0.15) is 11.6 Å². The Labute approximate surface area is 103 Å². The molecule has 1 amide bonds. The van der Waals surface area contributed by atoms with Gasteiger partial charge in [0.25, 0.3) is 5.91 Å². The fraction of sp³-hybridized carbons (Fsp3) is 0.250. The van der Waals surface area contributed by atoms with Crippen LogP contribution in [0.2, 0.25) is 0 Å². The van der Waals surface area contributed by atoms with Crippen molar-refractivity contribution in [1.29, 1.82) is 0 Å². The van der Waals surface area contributed by atoms with Gasteiger partial charge in [0.2, 0.25) is 5.82 Å². The van der Waals surface area contributed by atoms with Crippen LogP contribution in [0.1, 0.15) is 35.0 Å². The van der Waals surface area contributed by atoms with Crippen molar-refractivity contribution in [2.45, 2.75) is 19.9 Å². The molecule has 0 radical (unpaired) electrons. The molecule has 6 heteroatoms. The second kappa shape index (κ2) is 4.95. The summed E-state index contributed by atoms with van der Waals surface area (Å²) in [6.45, 7) is 3.48. The number of benzene rings is 1. The third-order valence-electron chi connectivity index (χ3n) is 2.50. The van der Waals surface area contributed by atoms with Crippen molar-refractivity contribution in [2.75, 3.05) is 0 Å². The average molecular weight is 248 g/mol. The van der Waals surface area contributed by atoms with Gasteiger partial charge in [0.05, 0.1) is 6.04 Å². The molecule has 0 spiro atoms. The summed E-state index contributed by atoms with van der Waals surface area (Å²) in [6, 6.07) is 5.78. The zero-order chi connectivity index (χ0) is 13.1. The number of H-pyrrole nitrogens is 1. The molecule has 0 saturated heterocycles. The maximum atomic E-state index is 13.0. The van der Waals surface area contributed by atoms with Crippen molar-refractivity contribution in [2.24, 2.45) is 0 Å². The van der Waals surface area contributed by atoms with E-state index in [0.29, 0.717) is 11.4 Å². The summed E-state index contributed by atoms with van der Waals surface area (Å²) in [6.07, 6.45) is 0. The van der Waals surface area contributed by atoms with Gasteiger partial charge in [-0.3, -0.25) is 9.89 Å². The van der Waals surface area contributed by atoms with Crippen LogP contribution in [0.15, 0.2) is 24.3 Å². The zero-order valence-corrected chi connectivity index (χ0v) is 10.1. The minimum absolute atomic E-state index is 0.0794. The van der Waals surface area contributed by atoms with Crippen LogP contribution in [0, 0.1) is 12.7 Å². The molecule has 0 bridgehead atoms. The van der Waals surface area contributed by atoms with Crippen LogP contribution < -0.4 is 5.32 Å². The number of nitrogens with zero attached hydrogens (tertiary/aromatic N) is 2. The Bertz CT molecular complexity index is 567. The number of hydrogen-bond donors (Lipinski definition) is 2. The number of nitrogens with one attached hydrogen (secondary N) is 2. The van der Waals surface area contributed by atoms with Crippen molar-refractivity contribution in [3.8, 4) is 0 Å². The Balaban J connectivity index is 2.07. The van der Waals surface area contributed by atoms with Crippen LogP contribution in [0.5, 0.6) is 0 Å². The van der Waals surface area contributed by atoms with E-state index in [-0.39, 0.29) is 17.7 Å². The van der Waals surface area contributed by atoms with Crippen molar-refractivity contribution in [1.82, 2.24) is 20.5 Å². The molecule has 0 aliphatic rings. The molecule has 5 nitrogen and oxygen atoms in total. The molecule has 0 aliphatic carbocycles. The Morgan fingerprint density at radius 3 is 2.89 bits per heavy atom. The van der Waals surface area contributed by atoms with Crippen molar-refractivity contribution >= 4 is 5.91 Å². The van der Waals surface area contributed by atoms with Crippen LogP contribution in [0.3, 0.4) is 0 Å². The molecule has 18 heavy (non-hydrogen) atoms. The summed E-state index contributed by atoms with van der Waals surface area (Å²) in [5, 5.41) is 9.05. The van der Waals surface area contributed by atoms with Gasteiger partial charge < -0.3 is 5.32 Å². The molecule has 2 rings (SSSR count). The molecular formula is C12H13FN4O. The lowest BCUT2D eigenvalue weighted by molar-refractivity contribution is 0.0929. The largest absolute Gasteiger partial charge is 0.343 e. The summed E-state index contributed by atoms with van der Waals surface area (Å²) in [5.74, 6) is -0.0761. The van der Waals surface area contributed by atoms with Crippen molar-refractivity contribution in [3.63, 3.8) is 0 Å². The lowest BCUT2D eigenvalue weighted by Crippen LogP contribution is -2.27. The van der Waals surface area contributed by atoms with E-state index in [0.717, 1.165) is 0 Å². The number of carbonyl (C=O) groups excluding carboxylic acids is 1. The summed E-state index contributed by atoms with van der Waals surface area (Å²) < 4.78 is 13.0. The predicted octanol–water partition coefficient (Wildman–Crippen LogP) is 1.74. The van der Waals surface area contributed by atoms with E-state index in [4.69, 9.17) is 0 Å². The Morgan fingerprint density at radius 1 is 1.50 bits per heavy atom. The highest BCUT2D eigenvalue weighted by molar-refractivity contribution is 5.90. The maximum Gasteiger partial charge on any atom is 0.291 e. The number of carbonyl (C=O) groups is 1. The molecule has 1 heterocycles. The fourth-order valence-corrected chi connectivity index (χ4v) is 1.56. The number of halogens is 1. The first-order valence-electron chi connectivity index (χ1n) is 5.51. The number of aromatic nitrogens is 3. The summed E-state index contributed by atoms with van der Waals surface area (Å²) in [4.78, 5) is 15.7. The van der Waals surface area contributed by atoms with Crippen LogP contribution in [-0.2, 0) is 0 Å². The van der Waals surface area contributed by atoms with Gasteiger partial charge in [-0.25, -0.2) is 9.37 Å². The highest BCUT2D eigenvalue weighted by atomic mass is 19.1. The van der Waals surface area contributed by atoms with Gasteiger partial charge in [-0.2, -0.15) is 0 Å². The smallest absolute Gasteiger partial charge is 0.291 e. The molecule has 0 aliphatic heterocycles. The molecule has 0 saturated carbocycles. The summed E-state index contributed by atoms with van der Waals surface area (Å²) in [5.41, 5.74) is 0.690. The molecule has 1 aromatic carbocycles. The number of hydrogen-bond acceptors (Lipinski definition) is 3. The van der Waals surface area contributed by atoms with Gasteiger partial charge in [-0.15, -0.1) is 5.10 Å².